The molecule has 2 aromatic rings. The van der Waals surface area contributed by atoms with E-state index in [4.69, 9.17) is 9.47 Å². The Balaban J connectivity index is 1.73. The molecule has 0 unspecified atom stereocenters. The molecule has 136 valence electrons. The zero-order chi connectivity index (χ0) is 18.4. The Kier molecular flexibility index (Phi) is 5.65. The van der Waals surface area contributed by atoms with Crippen LogP contribution in [0.4, 0.5) is 16.2 Å². The SMILES string of the molecule is COCCOc1ncccc1C(=O)Nc1cccc(N2CCNC2=O)c1. The molecule has 1 aromatic carbocycles. The van der Waals surface area contributed by atoms with Crippen LogP contribution in [0.1, 0.15) is 10.4 Å². The van der Waals surface area contributed by atoms with Crippen LogP contribution in [-0.2, 0) is 4.74 Å². The number of nitrogens with zero attached hydrogens (tertiary/aromatic N) is 2. The molecule has 8 nitrogen and oxygen atoms in total. The molecular weight excluding hydrogens is 336 g/mol. The fourth-order valence-corrected chi connectivity index (χ4v) is 2.57. The van der Waals surface area contributed by atoms with E-state index < -0.39 is 0 Å². The van der Waals surface area contributed by atoms with Crippen LogP contribution >= 0.6 is 0 Å². The average molecular weight is 356 g/mol. The molecule has 0 aliphatic carbocycles. The molecule has 0 atom stereocenters. The van der Waals surface area contributed by atoms with Crippen LogP contribution in [0.5, 0.6) is 5.88 Å². The van der Waals surface area contributed by atoms with Crippen molar-refractivity contribution in [3.63, 3.8) is 0 Å². The van der Waals surface area contributed by atoms with Gasteiger partial charge in [-0.05, 0) is 30.3 Å². The van der Waals surface area contributed by atoms with Gasteiger partial charge in [-0.25, -0.2) is 9.78 Å². The zero-order valence-corrected chi connectivity index (χ0v) is 14.4. The number of urea groups is 1. The second-order valence-corrected chi connectivity index (χ2v) is 5.59. The Hall–Kier alpha value is -3.13. The first-order chi connectivity index (χ1) is 12.7. The third kappa shape index (κ3) is 4.09. The van der Waals surface area contributed by atoms with Crippen molar-refractivity contribution in [3.05, 3.63) is 48.2 Å². The molecule has 3 amide bonds. The highest BCUT2D eigenvalue weighted by Gasteiger charge is 2.21. The lowest BCUT2D eigenvalue weighted by Crippen LogP contribution is -2.27. The summed E-state index contributed by atoms with van der Waals surface area (Å²) in [5.74, 6) is -0.0920. The monoisotopic (exact) mass is 356 g/mol. The first kappa shape index (κ1) is 17.7. The van der Waals surface area contributed by atoms with E-state index in [1.54, 1.807) is 48.5 Å². The lowest BCUT2D eigenvalue weighted by atomic mass is 10.2. The van der Waals surface area contributed by atoms with E-state index in [1.165, 1.54) is 0 Å². The Morgan fingerprint density at radius 2 is 2.19 bits per heavy atom. The Morgan fingerprint density at radius 3 is 2.96 bits per heavy atom. The van der Waals surface area contributed by atoms with Crippen molar-refractivity contribution in [1.82, 2.24) is 10.3 Å². The summed E-state index contributed by atoms with van der Waals surface area (Å²) in [7, 11) is 1.57. The lowest BCUT2D eigenvalue weighted by molar-refractivity contribution is 0.101. The molecule has 0 spiro atoms. The topological polar surface area (TPSA) is 92.8 Å². The van der Waals surface area contributed by atoms with Crippen molar-refractivity contribution >= 4 is 23.3 Å². The van der Waals surface area contributed by atoms with E-state index in [0.717, 1.165) is 5.69 Å². The molecule has 26 heavy (non-hydrogen) atoms. The highest BCUT2D eigenvalue weighted by atomic mass is 16.5. The standard InChI is InChI=1S/C18H20N4O4/c1-25-10-11-26-17-15(6-3-7-19-17)16(23)21-13-4-2-5-14(12-13)22-9-8-20-18(22)24/h2-7,12H,8-11H2,1H3,(H,20,24)(H,21,23). The molecule has 1 fully saturated rings. The van der Waals surface area contributed by atoms with Crippen molar-refractivity contribution in [2.75, 3.05) is 43.6 Å². The van der Waals surface area contributed by atoms with Crippen molar-refractivity contribution in [1.29, 1.82) is 0 Å². The quantitative estimate of drug-likeness (QED) is 0.739. The largest absolute Gasteiger partial charge is 0.475 e. The lowest BCUT2D eigenvalue weighted by Gasteiger charge is -2.16. The van der Waals surface area contributed by atoms with Crippen LogP contribution in [0.15, 0.2) is 42.6 Å². The van der Waals surface area contributed by atoms with E-state index >= 15 is 0 Å². The number of methoxy groups -OCH3 is 1. The molecule has 2 heterocycles. The summed E-state index contributed by atoms with van der Waals surface area (Å²) in [4.78, 5) is 30.1. The van der Waals surface area contributed by atoms with E-state index in [2.05, 4.69) is 15.6 Å². The van der Waals surface area contributed by atoms with Gasteiger partial charge in [0.25, 0.3) is 5.91 Å². The van der Waals surface area contributed by atoms with Gasteiger partial charge in [0.05, 0.1) is 6.61 Å². The van der Waals surface area contributed by atoms with Crippen molar-refractivity contribution in [2.24, 2.45) is 0 Å². The number of carbonyl (C=O) groups is 2. The van der Waals surface area contributed by atoms with Gasteiger partial charge in [-0.15, -0.1) is 0 Å². The molecule has 0 bridgehead atoms. The third-order valence-electron chi connectivity index (χ3n) is 3.81. The summed E-state index contributed by atoms with van der Waals surface area (Å²) in [6.45, 7) is 1.90. The summed E-state index contributed by atoms with van der Waals surface area (Å²) >= 11 is 0. The molecule has 0 radical (unpaired) electrons. The number of aromatic nitrogens is 1. The molecular formula is C18H20N4O4. The molecule has 3 rings (SSSR count). The summed E-state index contributed by atoms with van der Waals surface area (Å²) < 4.78 is 10.4. The molecule has 1 aliphatic heterocycles. The molecule has 8 heteroatoms. The number of hydrogen-bond acceptors (Lipinski definition) is 5. The number of amides is 3. The first-order valence-corrected chi connectivity index (χ1v) is 8.22. The van der Waals surface area contributed by atoms with Crippen LogP contribution in [0.25, 0.3) is 0 Å². The molecule has 2 N–H and O–H groups in total. The highest BCUT2D eigenvalue weighted by Crippen LogP contribution is 2.22. The maximum atomic E-state index is 12.6. The Labute approximate surface area is 151 Å². The highest BCUT2D eigenvalue weighted by molar-refractivity contribution is 6.06. The number of anilines is 2. The third-order valence-corrected chi connectivity index (χ3v) is 3.81. The van der Waals surface area contributed by atoms with Crippen LogP contribution in [0.3, 0.4) is 0 Å². The average Bonchev–Trinajstić information content (AvgIpc) is 3.08. The molecule has 1 aliphatic rings. The van der Waals surface area contributed by atoms with Gasteiger partial charge in [0.15, 0.2) is 0 Å². The molecule has 0 saturated carbocycles. The minimum Gasteiger partial charge on any atom is -0.475 e. The van der Waals surface area contributed by atoms with Crippen molar-refractivity contribution < 1.29 is 19.1 Å². The van der Waals surface area contributed by atoms with Crippen molar-refractivity contribution in [2.45, 2.75) is 0 Å². The first-order valence-electron chi connectivity index (χ1n) is 8.22. The van der Waals surface area contributed by atoms with Crippen LogP contribution in [0.2, 0.25) is 0 Å². The fraction of sp³-hybridized carbons (Fsp3) is 0.278. The van der Waals surface area contributed by atoms with Gasteiger partial charge in [0.1, 0.15) is 12.2 Å². The molecule has 1 saturated heterocycles. The van der Waals surface area contributed by atoms with Crippen LogP contribution in [0, 0.1) is 0 Å². The van der Waals surface area contributed by atoms with Crippen LogP contribution < -0.4 is 20.3 Å². The summed E-state index contributed by atoms with van der Waals surface area (Å²) in [6.07, 6.45) is 1.56. The zero-order valence-electron chi connectivity index (χ0n) is 14.4. The minimum atomic E-state index is -0.339. The number of carbonyl (C=O) groups excluding carboxylic acids is 2. The van der Waals surface area contributed by atoms with Gasteiger partial charge in [-0.1, -0.05) is 6.07 Å². The number of ether oxygens (including phenoxy) is 2. The van der Waals surface area contributed by atoms with Crippen molar-refractivity contribution in [3.8, 4) is 5.88 Å². The normalized spacial score (nSPS) is 13.4. The predicted molar refractivity (Wildman–Crippen MR) is 96.7 cm³/mol. The van der Waals surface area contributed by atoms with Crippen LogP contribution in [-0.4, -0.2) is 50.3 Å². The van der Waals surface area contributed by atoms with E-state index in [1.807, 2.05) is 6.07 Å². The van der Waals surface area contributed by atoms with E-state index in [0.29, 0.717) is 37.6 Å². The maximum absolute atomic E-state index is 12.6. The number of nitrogens with one attached hydrogen (secondary N) is 2. The maximum Gasteiger partial charge on any atom is 0.321 e. The number of pyridine rings is 1. The van der Waals surface area contributed by atoms with Gasteiger partial charge in [0, 0.05) is 37.8 Å². The van der Waals surface area contributed by atoms with E-state index in [-0.39, 0.29) is 17.8 Å². The number of benzene rings is 1. The fourth-order valence-electron chi connectivity index (χ4n) is 2.57. The summed E-state index contributed by atoms with van der Waals surface area (Å²) in [6, 6.07) is 10.3. The van der Waals surface area contributed by atoms with E-state index in [9.17, 15) is 9.59 Å². The minimum absolute atomic E-state index is 0.144. The van der Waals surface area contributed by atoms with Gasteiger partial charge < -0.3 is 20.1 Å². The van der Waals surface area contributed by atoms with Gasteiger partial charge in [-0.3, -0.25) is 9.69 Å². The Morgan fingerprint density at radius 1 is 1.31 bits per heavy atom. The predicted octanol–water partition coefficient (Wildman–Crippen LogP) is 1.89. The molecule has 1 aromatic heterocycles. The van der Waals surface area contributed by atoms with Gasteiger partial charge in [0.2, 0.25) is 5.88 Å². The second-order valence-electron chi connectivity index (χ2n) is 5.59. The number of rotatable bonds is 7. The Bertz CT molecular complexity index is 796. The van der Waals surface area contributed by atoms with Gasteiger partial charge >= 0.3 is 6.03 Å². The smallest absolute Gasteiger partial charge is 0.321 e. The summed E-state index contributed by atoms with van der Waals surface area (Å²) in [5.41, 5.74) is 1.63. The van der Waals surface area contributed by atoms with Gasteiger partial charge in [-0.2, -0.15) is 0 Å². The number of hydrogen-bond donors (Lipinski definition) is 2. The second kappa shape index (κ2) is 8.30. The summed E-state index contributed by atoms with van der Waals surface area (Å²) in [5, 5.41) is 5.57.